The first-order valence-corrected chi connectivity index (χ1v) is 9.81. The van der Waals surface area contributed by atoms with Gasteiger partial charge in [0.15, 0.2) is 6.23 Å². The molecule has 2 heterocycles. The van der Waals surface area contributed by atoms with Crippen molar-refractivity contribution < 1.29 is 14.1 Å². The van der Waals surface area contributed by atoms with Crippen LogP contribution in [0.5, 0.6) is 0 Å². The summed E-state index contributed by atoms with van der Waals surface area (Å²) in [5.74, 6) is 0.549. The predicted molar refractivity (Wildman–Crippen MR) is 91.0 cm³/mol. The monoisotopic (exact) mass is 358 g/mol. The normalized spacial score (nSPS) is 19.4. The summed E-state index contributed by atoms with van der Waals surface area (Å²) in [7, 11) is -1.21. The number of urea groups is 1. The number of rotatable bonds is 9. The van der Waals surface area contributed by atoms with Gasteiger partial charge in [0.1, 0.15) is 0 Å². The summed E-state index contributed by atoms with van der Waals surface area (Å²) in [4.78, 5) is 14.9. The highest BCUT2D eigenvalue weighted by molar-refractivity contribution is 7.87. The second-order valence-corrected chi connectivity index (χ2v) is 7.99. The molecule has 0 saturated carbocycles. The summed E-state index contributed by atoms with van der Waals surface area (Å²) in [6.07, 6.45) is 4.82. The highest BCUT2D eigenvalue weighted by Gasteiger charge is 2.38. The summed E-state index contributed by atoms with van der Waals surface area (Å²) in [5, 5.41) is 18.2. The van der Waals surface area contributed by atoms with Crippen LogP contribution >= 0.6 is 11.3 Å². The zero-order chi connectivity index (χ0) is 16.8. The van der Waals surface area contributed by atoms with Crippen LogP contribution in [0.15, 0.2) is 17.0 Å². The van der Waals surface area contributed by atoms with Crippen molar-refractivity contribution in [1.29, 1.82) is 0 Å². The van der Waals surface area contributed by atoms with Gasteiger partial charge in [-0.05, 0) is 6.42 Å². The number of carbonyl (C=O) groups excluding carboxylic acids is 1. The van der Waals surface area contributed by atoms with Crippen LogP contribution in [0.3, 0.4) is 0 Å². The van der Waals surface area contributed by atoms with Gasteiger partial charge in [-0.2, -0.15) is 0 Å². The summed E-state index contributed by atoms with van der Waals surface area (Å²) in [6.45, 7) is 6.27. The lowest BCUT2D eigenvalue weighted by atomic mass is 10.2. The Morgan fingerprint density at radius 3 is 2.91 bits per heavy atom. The fraction of sp³-hybridized carbons (Fsp3) is 0.643. The first kappa shape index (κ1) is 18.0. The largest absolute Gasteiger partial charge is 0.371 e. The van der Waals surface area contributed by atoms with Crippen molar-refractivity contribution >= 4 is 33.3 Å². The Kier molecular flexibility index (Phi) is 6.67. The Hall–Kier alpha value is -1.32. The fourth-order valence-electron chi connectivity index (χ4n) is 2.29. The first-order chi connectivity index (χ1) is 11.1. The molecule has 128 valence electrons. The molecule has 7 nitrogen and oxygen atoms in total. The van der Waals surface area contributed by atoms with Gasteiger partial charge >= 0.3 is 6.03 Å². The van der Waals surface area contributed by atoms with E-state index in [-0.39, 0.29) is 17.7 Å². The number of nitrogens with zero attached hydrogens (tertiary/aromatic N) is 4. The summed E-state index contributed by atoms with van der Waals surface area (Å²) in [5.41, 5.74) is 0. The molecule has 1 aromatic rings. The van der Waals surface area contributed by atoms with Gasteiger partial charge in [-0.15, -0.1) is 16.8 Å². The van der Waals surface area contributed by atoms with Crippen LogP contribution in [-0.4, -0.2) is 55.5 Å². The van der Waals surface area contributed by atoms with Crippen molar-refractivity contribution in [2.24, 2.45) is 0 Å². The fourth-order valence-corrected chi connectivity index (χ4v) is 4.53. The zero-order valence-electron chi connectivity index (χ0n) is 13.2. The minimum absolute atomic E-state index is 0.194. The van der Waals surface area contributed by atoms with Gasteiger partial charge in [0.2, 0.25) is 9.47 Å². The number of carbonyl (C=O) groups is 1. The third-order valence-electron chi connectivity index (χ3n) is 3.49. The Morgan fingerprint density at radius 2 is 2.22 bits per heavy atom. The van der Waals surface area contributed by atoms with Gasteiger partial charge in [-0.3, -0.25) is 4.21 Å². The van der Waals surface area contributed by atoms with E-state index in [0.717, 1.165) is 37.0 Å². The van der Waals surface area contributed by atoms with E-state index in [0.29, 0.717) is 16.6 Å². The number of aliphatic hydroxyl groups is 1. The maximum Gasteiger partial charge on any atom is 0.329 e. The molecule has 0 bridgehead atoms. The molecule has 2 atom stereocenters. The highest BCUT2D eigenvalue weighted by Crippen LogP contribution is 2.28. The van der Waals surface area contributed by atoms with Crippen molar-refractivity contribution in [3.8, 4) is 0 Å². The van der Waals surface area contributed by atoms with E-state index in [1.54, 1.807) is 6.08 Å². The van der Waals surface area contributed by atoms with E-state index >= 15 is 0 Å². The van der Waals surface area contributed by atoms with Gasteiger partial charge in [-0.1, -0.05) is 43.6 Å². The van der Waals surface area contributed by atoms with Gasteiger partial charge < -0.3 is 10.0 Å². The number of hydrogen-bond donors (Lipinski definition) is 1. The molecule has 1 fully saturated rings. The van der Waals surface area contributed by atoms with Crippen molar-refractivity contribution in [2.45, 2.75) is 43.2 Å². The summed E-state index contributed by atoms with van der Waals surface area (Å²) < 4.78 is 12.6. The Balaban J connectivity index is 2.00. The Morgan fingerprint density at radius 1 is 1.43 bits per heavy atom. The molecule has 2 amide bonds. The van der Waals surface area contributed by atoms with E-state index in [9.17, 15) is 14.1 Å². The van der Waals surface area contributed by atoms with E-state index in [1.807, 2.05) is 0 Å². The molecule has 23 heavy (non-hydrogen) atoms. The lowest BCUT2D eigenvalue weighted by molar-refractivity contribution is 0.180. The van der Waals surface area contributed by atoms with Gasteiger partial charge in [0.05, 0.1) is 17.3 Å². The highest BCUT2D eigenvalue weighted by atomic mass is 32.2. The minimum atomic E-state index is -1.21. The topological polar surface area (TPSA) is 86.6 Å². The van der Waals surface area contributed by atoms with Crippen molar-refractivity contribution in [3.63, 3.8) is 0 Å². The average Bonchev–Trinajstić information content (AvgIpc) is 3.10. The van der Waals surface area contributed by atoms with Crippen LogP contribution < -0.4 is 4.90 Å². The molecule has 0 radical (unpaired) electrons. The van der Waals surface area contributed by atoms with Crippen LogP contribution in [-0.2, 0) is 10.8 Å². The molecule has 0 aromatic carbocycles. The van der Waals surface area contributed by atoms with Crippen LogP contribution in [0.25, 0.3) is 0 Å². The van der Waals surface area contributed by atoms with Crippen LogP contribution in [0.2, 0.25) is 0 Å². The number of amides is 2. The number of aliphatic hydroxyl groups excluding tert-OH is 1. The van der Waals surface area contributed by atoms with Crippen molar-refractivity contribution in [1.82, 2.24) is 15.1 Å². The van der Waals surface area contributed by atoms with E-state index < -0.39 is 17.0 Å². The van der Waals surface area contributed by atoms with Crippen LogP contribution in [0.4, 0.5) is 9.93 Å². The second-order valence-electron chi connectivity index (χ2n) is 5.29. The third-order valence-corrected chi connectivity index (χ3v) is 6.14. The number of hydrogen-bond acceptors (Lipinski definition) is 6. The quantitative estimate of drug-likeness (QED) is 0.414. The molecule has 2 rings (SSSR count). The molecule has 0 spiro atoms. The molecule has 0 aliphatic carbocycles. The smallest absolute Gasteiger partial charge is 0.329 e. The minimum Gasteiger partial charge on any atom is -0.371 e. The van der Waals surface area contributed by atoms with Crippen LogP contribution in [0.1, 0.15) is 32.6 Å². The number of β-amino-alcohol motifs (C(OH)–C–C–N with tert-alkyl or cyclic N) is 1. The lowest BCUT2D eigenvalue weighted by Crippen LogP contribution is -2.34. The lowest BCUT2D eigenvalue weighted by Gasteiger charge is -2.15. The SMILES string of the molecule is C=CCN1CC(O)N(c2nnc(S(=O)CCCCCC)s2)C1=O. The maximum absolute atomic E-state index is 12.2. The molecule has 1 aliphatic rings. The first-order valence-electron chi connectivity index (χ1n) is 7.67. The maximum atomic E-state index is 12.2. The van der Waals surface area contributed by atoms with Gasteiger partial charge in [0.25, 0.3) is 0 Å². The van der Waals surface area contributed by atoms with Gasteiger partial charge in [-0.25, -0.2) is 9.69 Å². The molecule has 1 saturated heterocycles. The summed E-state index contributed by atoms with van der Waals surface area (Å²) >= 11 is 1.10. The number of unbranched alkanes of at least 4 members (excludes halogenated alkanes) is 3. The molecule has 2 unspecified atom stereocenters. The van der Waals surface area contributed by atoms with Crippen molar-refractivity contribution in [2.75, 3.05) is 23.7 Å². The predicted octanol–water partition coefficient (Wildman–Crippen LogP) is 1.97. The third kappa shape index (κ3) is 4.36. The average molecular weight is 358 g/mol. The summed E-state index contributed by atoms with van der Waals surface area (Å²) in [6, 6.07) is -0.339. The van der Waals surface area contributed by atoms with Crippen LogP contribution in [0, 0.1) is 0 Å². The van der Waals surface area contributed by atoms with E-state index in [1.165, 1.54) is 9.80 Å². The standard InChI is InChI=1S/C14H22N4O3S2/c1-3-5-6-7-9-23(21)13-16-15-12(22-13)18-11(19)10-17(8-4-2)14(18)20/h4,11,19H,2-3,5-10H2,1H3. The van der Waals surface area contributed by atoms with Crippen molar-refractivity contribution in [3.05, 3.63) is 12.7 Å². The molecular weight excluding hydrogens is 336 g/mol. The molecular formula is C14H22N4O3S2. The van der Waals surface area contributed by atoms with E-state index in [2.05, 4.69) is 23.7 Å². The van der Waals surface area contributed by atoms with E-state index in [4.69, 9.17) is 0 Å². The number of aromatic nitrogens is 2. The molecule has 1 aromatic heterocycles. The molecule has 1 aliphatic heterocycles. The van der Waals surface area contributed by atoms with Gasteiger partial charge in [0, 0.05) is 12.3 Å². The molecule has 9 heteroatoms. The molecule has 1 N–H and O–H groups in total. The Labute approximate surface area is 142 Å². The Bertz CT molecular complexity index is 578. The zero-order valence-corrected chi connectivity index (χ0v) is 14.8. The number of anilines is 1. The second kappa shape index (κ2) is 8.51.